The average Bonchev–Trinajstić information content (AvgIpc) is 2.14. The first kappa shape index (κ1) is 5.44. The highest BCUT2D eigenvalue weighted by Gasteiger charge is 2.11. The first-order valence-corrected chi connectivity index (χ1v) is 2.47. The fourth-order valence-electron chi connectivity index (χ4n) is 0.409. The van der Waals surface area contributed by atoms with Crippen molar-refractivity contribution in [1.82, 2.24) is 5.32 Å². The standard InChI is InChI=1S/C4H4N2OS/c7-4-3(1-8)5-2-6-4/h2,4,7H,(H,5,6). The minimum absolute atomic E-state index is 0.375. The summed E-state index contributed by atoms with van der Waals surface area (Å²) >= 11 is 4.39. The molecule has 0 aromatic rings. The molecule has 4 heteroatoms. The van der Waals surface area contributed by atoms with Crippen LogP contribution in [0.3, 0.4) is 0 Å². The summed E-state index contributed by atoms with van der Waals surface area (Å²) in [6.45, 7) is 0. The van der Waals surface area contributed by atoms with Gasteiger partial charge in [0.15, 0.2) is 6.23 Å². The molecule has 42 valence electrons. The van der Waals surface area contributed by atoms with Gasteiger partial charge in [0.2, 0.25) is 0 Å². The molecule has 0 radical (unpaired) electrons. The SMILES string of the molecule is OC1NC=NC1=C=S. The molecule has 1 atom stereocenters. The zero-order chi connectivity index (χ0) is 5.98. The van der Waals surface area contributed by atoms with Crippen LogP contribution in [-0.4, -0.2) is 22.7 Å². The molecule has 0 aliphatic carbocycles. The van der Waals surface area contributed by atoms with Gasteiger partial charge in [0.25, 0.3) is 0 Å². The molecule has 0 aromatic heterocycles. The van der Waals surface area contributed by atoms with Crippen LogP contribution in [0.1, 0.15) is 0 Å². The summed E-state index contributed by atoms with van der Waals surface area (Å²) in [6, 6.07) is 0. The third-order valence-corrected chi connectivity index (χ3v) is 1.01. The highest BCUT2D eigenvalue weighted by Crippen LogP contribution is 1.99. The quantitative estimate of drug-likeness (QED) is 0.429. The molecule has 3 nitrogen and oxygen atoms in total. The number of rotatable bonds is 0. The van der Waals surface area contributed by atoms with Gasteiger partial charge in [0.1, 0.15) is 5.70 Å². The second kappa shape index (κ2) is 2.05. The molecule has 1 aliphatic heterocycles. The molecule has 0 saturated carbocycles. The Labute approximate surface area is 51.7 Å². The number of aliphatic hydroxyl groups excluding tert-OH is 1. The number of nitrogens with zero attached hydrogens (tertiary/aromatic N) is 1. The van der Waals surface area contributed by atoms with Crippen LogP contribution < -0.4 is 5.32 Å². The van der Waals surface area contributed by atoms with Crippen LogP contribution in [0.5, 0.6) is 0 Å². The summed E-state index contributed by atoms with van der Waals surface area (Å²) in [5.41, 5.74) is 0.375. The average molecular weight is 128 g/mol. The first-order valence-electron chi connectivity index (χ1n) is 2.06. The minimum Gasteiger partial charge on any atom is -0.367 e. The largest absolute Gasteiger partial charge is 0.367 e. The van der Waals surface area contributed by atoms with E-state index in [2.05, 4.69) is 27.5 Å². The van der Waals surface area contributed by atoms with Crippen molar-refractivity contribution < 1.29 is 5.11 Å². The highest BCUT2D eigenvalue weighted by molar-refractivity contribution is 7.78. The second-order valence-electron chi connectivity index (χ2n) is 1.31. The van der Waals surface area contributed by atoms with Crippen LogP contribution in [0.4, 0.5) is 0 Å². The predicted molar refractivity (Wildman–Crippen MR) is 33.7 cm³/mol. The summed E-state index contributed by atoms with van der Waals surface area (Å²) in [5.74, 6) is 0. The molecule has 8 heavy (non-hydrogen) atoms. The van der Waals surface area contributed by atoms with Crippen molar-refractivity contribution in [2.45, 2.75) is 6.23 Å². The van der Waals surface area contributed by atoms with Gasteiger partial charge in [-0.25, -0.2) is 4.99 Å². The van der Waals surface area contributed by atoms with Crippen LogP contribution in [0, 0.1) is 0 Å². The monoisotopic (exact) mass is 128 g/mol. The summed E-state index contributed by atoms with van der Waals surface area (Å²) in [6.07, 6.45) is 0.645. The number of thiocarbonyl (C=S) groups is 1. The fraction of sp³-hybridized carbons (Fsp3) is 0.250. The van der Waals surface area contributed by atoms with E-state index in [1.54, 1.807) is 0 Å². The number of hydrogen-bond acceptors (Lipinski definition) is 4. The van der Waals surface area contributed by atoms with E-state index in [1.165, 1.54) is 6.34 Å². The Balaban J connectivity index is 2.82. The molecule has 0 fully saturated rings. The summed E-state index contributed by atoms with van der Waals surface area (Å²) in [7, 11) is 0. The van der Waals surface area contributed by atoms with Crippen molar-refractivity contribution in [3.8, 4) is 0 Å². The lowest BCUT2D eigenvalue weighted by Crippen LogP contribution is -2.22. The molecule has 0 amide bonds. The van der Waals surface area contributed by atoms with Crippen molar-refractivity contribution in [3.63, 3.8) is 0 Å². The molecule has 1 unspecified atom stereocenters. The first-order chi connectivity index (χ1) is 3.84. The lowest BCUT2D eigenvalue weighted by molar-refractivity contribution is 0.206. The van der Waals surface area contributed by atoms with Crippen molar-refractivity contribution in [1.29, 1.82) is 0 Å². The van der Waals surface area contributed by atoms with Gasteiger partial charge in [-0.2, -0.15) is 0 Å². The zero-order valence-corrected chi connectivity index (χ0v) is 4.77. The Morgan fingerprint density at radius 1 is 2.00 bits per heavy atom. The third kappa shape index (κ3) is 0.767. The topological polar surface area (TPSA) is 44.6 Å². The molecule has 0 spiro atoms. The molecule has 2 N–H and O–H groups in total. The fourth-order valence-corrected chi connectivity index (χ4v) is 0.573. The van der Waals surface area contributed by atoms with Crippen molar-refractivity contribution in [2.75, 3.05) is 0 Å². The van der Waals surface area contributed by atoms with Gasteiger partial charge in [-0.15, -0.1) is 0 Å². The van der Waals surface area contributed by atoms with Crippen LogP contribution in [-0.2, 0) is 0 Å². The Kier molecular flexibility index (Phi) is 1.39. The molecule has 0 bridgehead atoms. The summed E-state index contributed by atoms with van der Waals surface area (Å²) in [4.78, 5) is 3.65. The molecular weight excluding hydrogens is 124 g/mol. The maximum absolute atomic E-state index is 8.79. The zero-order valence-electron chi connectivity index (χ0n) is 3.96. The van der Waals surface area contributed by atoms with Crippen molar-refractivity contribution >= 4 is 23.6 Å². The maximum Gasteiger partial charge on any atom is 0.177 e. The van der Waals surface area contributed by atoms with Gasteiger partial charge in [0, 0.05) is 0 Å². The Morgan fingerprint density at radius 3 is 3.00 bits per heavy atom. The lowest BCUT2D eigenvalue weighted by Gasteiger charge is -1.96. The Bertz CT molecular complexity index is 171. The molecule has 0 saturated heterocycles. The number of aliphatic hydroxyl groups is 1. The molecule has 1 heterocycles. The number of hydrogen-bond donors (Lipinski definition) is 2. The van der Waals surface area contributed by atoms with Gasteiger partial charge < -0.3 is 10.4 Å². The van der Waals surface area contributed by atoms with Crippen LogP contribution in [0.15, 0.2) is 10.7 Å². The number of nitrogens with one attached hydrogen (secondary N) is 1. The molecule has 1 aliphatic rings. The predicted octanol–water partition coefficient (Wildman–Crippen LogP) is -0.581. The number of aliphatic imine (C=N–C) groups is 1. The third-order valence-electron chi connectivity index (χ3n) is 0.800. The molecular formula is C4H4N2OS. The van der Waals surface area contributed by atoms with E-state index in [-0.39, 0.29) is 0 Å². The Hall–Kier alpha value is -0.700. The van der Waals surface area contributed by atoms with Crippen molar-refractivity contribution in [2.24, 2.45) is 4.99 Å². The normalized spacial score (nSPS) is 25.1. The summed E-state index contributed by atoms with van der Waals surface area (Å²) < 4.78 is 0. The van der Waals surface area contributed by atoms with E-state index < -0.39 is 6.23 Å². The molecule has 0 aromatic carbocycles. The summed E-state index contributed by atoms with van der Waals surface area (Å²) in [5, 5.41) is 13.6. The van der Waals surface area contributed by atoms with Gasteiger partial charge >= 0.3 is 0 Å². The second-order valence-corrected chi connectivity index (χ2v) is 1.52. The Morgan fingerprint density at radius 2 is 2.75 bits per heavy atom. The maximum atomic E-state index is 8.79. The van der Waals surface area contributed by atoms with Gasteiger partial charge in [0.05, 0.1) is 6.34 Å². The van der Waals surface area contributed by atoms with Gasteiger partial charge in [-0.3, -0.25) is 0 Å². The van der Waals surface area contributed by atoms with E-state index >= 15 is 0 Å². The van der Waals surface area contributed by atoms with E-state index in [1.807, 2.05) is 0 Å². The lowest BCUT2D eigenvalue weighted by atomic mass is 10.5. The van der Waals surface area contributed by atoms with E-state index in [9.17, 15) is 0 Å². The van der Waals surface area contributed by atoms with E-state index in [0.717, 1.165) is 0 Å². The smallest absolute Gasteiger partial charge is 0.177 e. The van der Waals surface area contributed by atoms with E-state index in [0.29, 0.717) is 5.70 Å². The highest BCUT2D eigenvalue weighted by atomic mass is 32.1. The minimum atomic E-state index is -0.743. The van der Waals surface area contributed by atoms with Gasteiger partial charge in [-0.05, 0) is 17.2 Å². The van der Waals surface area contributed by atoms with Crippen LogP contribution >= 0.6 is 12.2 Å². The molecule has 1 rings (SSSR count). The van der Waals surface area contributed by atoms with E-state index in [4.69, 9.17) is 5.11 Å². The van der Waals surface area contributed by atoms with Crippen molar-refractivity contribution in [3.05, 3.63) is 5.70 Å². The van der Waals surface area contributed by atoms with Gasteiger partial charge in [-0.1, -0.05) is 0 Å². The van der Waals surface area contributed by atoms with Crippen LogP contribution in [0.2, 0.25) is 0 Å². The van der Waals surface area contributed by atoms with Crippen LogP contribution in [0.25, 0.3) is 0 Å².